The van der Waals surface area contributed by atoms with Gasteiger partial charge in [-0.3, -0.25) is 4.90 Å². The van der Waals surface area contributed by atoms with Crippen LogP contribution in [0.2, 0.25) is 0 Å². The van der Waals surface area contributed by atoms with Gasteiger partial charge in [0, 0.05) is 20.2 Å². The quantitative estimate of drug-likeness (QED) is 0.649. The van der Waals surface area contributed by atoms with Crippen LogP contribution in [0, 0.1) is 0 Å². The lowest BCUT2D eigenvalue weighted by molar-refractivity contribution is 0.0157. The van der Waals surface area contributed by atoms with Crippen molar-refractivity contribution in [2.24, 2.45) is 0 Å². The van der Waals surface area contributed by atoms with Gasteiger partial charge in [-0.1, -0.05) is 0 Å². The van der Waals surface area contributed by atoms with Crippen molar-refractivity contribution in [2.75, 3.05) is 53.0 Å². The van der Waals surface area contributed by atoms with E-state index in [-0.39, 0.29) is 5.60 Å². The van der Waals surface area contributed by atoms with Crippen molar-refractivity contribution in [1.82, 2.24) is 10.2 Å². The maximum absolute atomic E-state index is 5.38. The first-order chi connectivity index (χ1) is 8.14. The third-order valence-corrected chi connectivity index (χ3v) is 3.39. The first-order valence-electron chi connectivity index (χ1n) is 6.70. The SMILES string of the molecule is COC(C)(C)CCNCCCN1CCOCC1. The molecule has 0 radical (unpaired) electrons. The van der Waals surface area contributed by atoms with Crippen LogP contribution in [-0.4, -0.2) is 63.5 Å². The number of rotatable bonds is 8. The highest BCUT2D eigenvalue weighted by Crippen LogP contribution is 2.11. The van der Waals surface area contributed by atoms with E-state index in [0.717, 1.165) is 45.8 Å². The van der Waals surface area contributed by atoms with Crippen LogP contribution in [0.25, 0.3) is 0 Å². The zero-order valence-corrected chi connectivity index (χ0v) is 11.6. The minimum absolute atomic E-state index is 0.00277. The van der Waals surface area contributed by atoms with Crippen molar-refractivity contribution in [1.29, 1.82) is 0 Å². The van der Waals surface area contributed by atoms with Gasteiger partial charge in [0.05, 0.1) is 18.8 Å². The van der Waals surface area contributed by atoms with Crippen molar-refractivity contribution >= 4 is 0 Å². The summed E-state index contributed by atoms with van der Waals surface area (Å²) in [7, 11) is 1.78. The topological polar surface area (TPSA) is 33.7 Å². The highest BCUT2D eigenvalue weighted by atomic mass is 16.5. The highest BCUT2D eigenvalue weighted by molar-refractivity contribution is 4.69. The number of morpholine rings is 1. The summed E-state index contributed by atoms with van der Waals surface area (Å²) < 4.78 is 10.7. The fraction of sp³-hybridized carbons (Fsp3) is 1.00. The van der Waals surface area contributed by atoms with Crippen LogP contribution in [0.4, 0.5) is 0 Å². The van der Waals surface area contributed by atoms with Gasteiger partial charge in [-0.05, 0) is 46.3 Å². The van der Waals surface area contributed by atoms with Crippen LogP contribution in [0.1, 0.15) is 26.7 Å². The van der Waals surface area contributed by atoms with E-state index in [1.54, 1.807) is 7.11 Å². The third-order valence-electron chi connectivity index (χ3n) is 3.39. The Balaban J connectivity index is 1.90. The predicted octanol–water partition coefficient (Wildman–Crippen LogP) is 1.11. The Morgan fingerprint density at radius 1 is 1.24 bits per heavy atom. The van der Waals surface area contributed by atoms with E-state index < -0.39 is 0 Å². The second-order valence-electron chi connectivity index (χ2n) is 5.27. The Hall–Kier alpha value is -0.160. The van der Waals surface area contributed by atoms with E-state index in [1.807, 2.05) is 0 Å². The molecule has 0 atom stereocenters. The molecule has 0 aliphatic carbocycles. The molecule has 1 aliphatic rings. The van der Waals surface area contributed by atoms with E-state index in [1.165, 1.54) is 13.0 Å². The maximum atomic E-state index is 5.38. The molecular formula is C13H28N2O2. The largest absolute Gasteiger partial charge is 0.379 e. The summed E-state index contributed by atoms with van der Waals surface area (Å²) in [5.74, 6) is 0. The third kappa shape index (κ3) is 6.99. The molecule has 17 heavy (non-hydrogen) atoms. The average molecular weight is 244 g/mol. The van der Waals surface area contributed by atoms with Gasteiger partial charge in [-0.15, -0.1) is 0 Å². The molecular weight excluding hydrogens is 216 g/mol. The number of hydrogen-bond donors (Lipinski definition) is 1. The molecule has 1 saturated heterocycles. The summed E-state index contributed by atoms with van der Waals surface area (Å²) in [4.78, 5) is 2.48. The highest BCUT2D eigenvalue weighted by Gasteiger charge is 2.15. The lowest BCUT2D eigenvalue weighted by Gasteiger charge is -2.26. The van der Waals surface area contributed by atoms with Crippen LogP contribution in [-0.2, 0) is 9.47 Å². The number of methoxy groups -OCH3 is 1. The molecule has 0 aromatic carbocycles. The molecule has 0 bridgehead atoms. The van der Waals surface area contributed by atoms with E-state index >= 15 is 0 Å². The summed E-state index contributed by atoms with van der Waals surface area (Å²) in [6, 6.07) is 0. The van der Waals surface area contributed by atoms with Crippen molar-refractivity contribution in [2.45, 2.75) is 32.3 Å². The zero-order valence-electron chi connectivity index (χ0n) is 11.6. The molecule has 0 unspecified atom stereocenters. The van der Waals surface area contributed by atoms with Crippen LogP contribution < -0.4 is 5.32 Å². The maximum Gasteiger partial charge on any atom is 0.0634 e. The average Bonchev–Trinajstić information content (AvgIpc) is 2.35. The minimum atomic E-state index is -0.00277. The van der Waals surface area contributed by atoms with Gasteiger partial charge < -0.3 is 14.8 Å². The van der Waals surface area contributed by atoms with Crippen LogP contribution in [0.5, 0.6) is 0 Å². The smallest absolute Gasteiger partial charge is 0.0634 e. The number of hydrogen-bond acceptors (Lipinski definition) is 4. The Bertz CT molecular complexity index is 192. The molecule has 1 aliphatic heterocycles. The van der Waals surface area contributed by atoms with E-state index in [0.29, 0.717) is 0 Å². The predicted molar refractivity (Wildman–Crippen MR) is 70.5 cm³/mol. The standard InChI is InChI=1S/C13H28N2O2/c1-13(2,16-3)5-7-14-6-4-8-15-9-11-17-12-10-15/h14H,4-12H2,1-3H3. The Labute approximate surface area is 106 Å². The van der Waals surface area contributed by atoms with Gasteiger partial charge in [-0.2, -0.15) is 0 Å². The van der Waals surface area contributed by atoms with Crippen LogP contribution in [0.15, 0.2) is 0 Å². The van der Waals surface area contributed by atoms with Gasteiger partial charge in [0.1, 0.15) is 0 Å². The summed E-state index contributed by atoms with van der Waals surface area (Å²) in [5, 5.41) is 3.48. The zero-order chi connectivity index (χ0) is 12.6. The molecule has 4 nitrogen and oxygen atoms in total. The molecule has 1 rings (SSSR count). The summed E-state index contributed by atoms with van der Waals surface area (Å²) in [6.45, 7) is 11.5. The number of ether oxygens (including phenoxy) is 2. The molecule has 1 heterocycles. The van der Waals surface area contributed by atoms with Gasteiger partial charge in [0.15, 0.2) is 0 Å². The molecule has 1 N–H and O–H groups in total. The molecule has 102 valence electrons. The van der Waals surface area contributed by atoms with Gasteiger partial charge >= 0.3 is 0 Å². The Kier molecular flexibility index (Phi) is 7.04. The number of nitrogens with one attached hydrogen (secondary N) is 1. The van der Waals surface area contributed by atoms with Gasteiger partial charge in [0.25, 0.3) is 0 Å². The monoisotopic (exact) mass is 244 g/mol. The van der Waals surface area contributed by atoms with Crippen LogP contribution in [0.3, 0.4) is 0 Å². The van der Waals surface area contributed by atoms with Gasteiger partial charge in [0.2, 0.25) is 0 Å². The molecule has 0 saturated carbocycles. The first-order valence-corrected chi connectivity index (χ1v) is 6.70. The molecule has 0 aromatic heterocycles. The second-order valence-corrected chi connectivity index (χ2v) is 5.27. The van der Waals surface area contributed by atoms with Crippen molar-refractivity contribution in [3.8, 4) is 0 Å². The lowest BCUT2D eigenvalue weighted by Crippen LogP contribution is -2.38. The fourth-order valence-corrected chi connectivity index (χ4v) is 1.87. The number of nitrogens with zero attached hydrogens (tertiary/aromatic N) is 1. The normalized spacial score (nSPS) is 18.5. The molecule has 1 fully saturated rings. The van der Waals surface area contributed by atoms with Crippen molar-refractivity contribution < 1.29 is 9.47 Å². The van der Waals surface area contributed by atoms with E-state index in [2.05, 4.69) is 24.1 Å². The lowest BCUT2D eigenvalue weighted by atomic mass is 10.1. The first kappa shape index (κ1) is 14.9. The van der Waals surface area contributed by atoms with E-state index in [9.17, 15) is 0 Å². The van der Waals surface area contributed by atoms with E-state index in [4.69, 9.17) is 9.47 Å². The Morgan fingerprint density at radius 2 is 1.94 bits per heavy atom. The molecule has 0 amide bonds. The minimum Gasteiger partial charge on any atom is -0.379 e. The summed E-state index contributed by atoms with van der Waals surface area (Å²) in [6.07, 6.45) is 2.27. The fourth-order valence-electron chi connectivity index (χ4n) is 1.87. The Morgan fingerprint density at radius 3 is 2.59 bits per heavy atom. The summed E-state index contributed by atoms with van der Waals surface area (Å²) in [5.41, 5.74) is -0.00277. The van der Waals surface area contributed by atoms with Crippen LogP contribution >= 0.6 is 0 Å². The van der Waals surface area contributed by atoms with Crippen molar-refractivity contribution in [3.63, 3.8) is 0 Å². The summed E-state index contributed by atoms with van der Waals surface area (Å²) >= 11 is 0. The molecule has 0 aromatic rings. The molecule has 0 spiro atoms. The molecule has 4 heteroatoms. The van der Waals surface area contributed by atoms with Crippen molar-refractivity contribution in [3.05, 3.63) is 0 Å². The second kappa shape index (κ2) is 8.03. The van der Waals surface area contributed by atoms with Gasteiger partial charge in [-0.25, -0.2) is 0 Å².